The lowest BCUT2D eigenvalue weighted by Crippen LogP contribution is -2.51. The maximum Gasteiger partial charge on any atom is 0.239 e. The minimum Gasteiger partial charge on any atom is -0.339 e. The number of halogens is 1. The second kappa shape index (κ2) is 8.00. The Balaban J connectivity index is 1.33. The first-order valence-corrected chi connectivity index (χ1v) is 10.3. The summed E-state index contributed by atoms with van der Waals surface area (Å²) in [5.74, 6) is 0.866. The van der Waals surface area contributed by atoms with E-state index >= 15 is 0 Å². The number of carbonyl (C=O) groups is 2. The molecule has 0 spiro atoms. The third-order valence-corrected chi connectivity index (χ3v) is 5.81. The molecule has 1 aromatic heterocycles. The fourth-order valence-corrected chi connectivity index (χ4v) is 4.20. The molecule has 2 aliphatic heterocycles. The van der Waals surface area contributed by atoms with Gasteiger partial charge in [-0.1, -0.05) is 22.0 Å². The molecule has 4 rings (SSSR count). The van der Waals surface area contributed by atoms with Gasteiger partial charge >= 0.3 is 0 Å². The molecule has 1 aromatic carbocycles. The molecule has 2 aliphatic rings. The van der Waals surface area contributed by atoms with Gasteiger partial charge in [0.1, 0.15) is 11.7 Å². The summed E-state index contributed by atoms with van der Waals surface area (Å²) in [7, 11) is 0. The molecular weight excluding hydrogens is 424 g/mol. The van der Waals surface area contributed by atoms with Gasteiger partial charge in [0.15, 0.2) is 5.82 Å². The highest BCUT2D eigenvalue weighted by Gasteiger charge is 2.40. The largest absolute Gasteiger partial charge is 0.339 e. The zero-order valence-corrected chi connectivity index (χ0v) is 17.4. The monoisotopic (exact) mass is 446 g/mol. The van der Waals surface area contributed by atoms with Crippen molar-refractivity contribution >= 4 is 33.4 Å². The number of piperazine rings is 1. The van der Waals surface area contributed by atoms with Gasteiger partial charge in [0, 0.05) is 42.9 Å². The summed E-state index contributed by atoms with van der Waals surface area (Å²) in [5.41, 5.74) is 0.835. The van der Waals surface area contributed by atoms with Crippen molar-refractivity contribution in [3.05, 3.63) is 40.4 Å². The highest BCUT2D eigenvalue weighted by atomic mass is 79.9. The molecular formula is C19H23BrN6O2. The van der Waals surface area contributed by atoms with Crippen molar-refractivity contribution in [1.82, 2.24) is 25.0 Å². The number of hydrogen-bond acceptors (Lipinski definition) is 5. The molecule has 2 aromatic rings. The number of nitrogens with one attached hydrogen (secondary N) is 1. The Morgan fingerprint density at radius 3 is 2.71 bits per heavy atom. The van der Waals surface area contributed by atoms with Crippen LogP contribution in [-0.2, 0) is 16.1 Å². The molecule has 2 saturated heterocycles. The summed E-state index contributed by atoms with van der Waals surface area (Å²) in [4.78, 5) is 35.9. The first kappa shape index (κ1) is 19.1. The van der Waals surface area contributed by atoms with Gasteiger partial charge in [-0.05, 0) is 31.5 Å². The molecule has 1 N–H and O–H groups in total. The summed E-state index contributed by atoms with van der Waals surface area (Å²) in [6.07, 6.45) is 0.570. The minimum absolute atomic E-state index is 0.0455. The van der Waals surface area contributed by atoms with E-state index in [9.17, 15) is 9.59 Å². The van der Waals surface area contributed by atoms with Crippen LogP contribution in [0.15, 0.2) is 28.7 Å². The Hall–Kier alpha value is -2.26. The first-order chi connectivity index (χ1) is 13.5. The molecule has 1 atom stereocenters. The molecule has 0 radical (unpaired) electrons. The fraction of sp³-hybridized carbons (Fsp3) is 0.474. The van der Waals surface area contributed by atoms with Crippen LogP contribution in [0.25, 0.3) is 0 Å². The number of aromatic amines is 1. The predicted molar refractivity (Wildman–Crippen MR) is 108 cm³/mol. The van der Waals surface area contributed by atoms with Gasteiger partial charge in [0.05, 0.1) is 6.54 Å². The summed E-state index contributed by atoms with van der Waals surface area (Å²) in [6, 6.07) is 7.64. The van der Waals surface area contributed by atoms with Gasteiger partial charge in [-0.25, -0.2) is 4.98 Å². The van der Waals surface area contributed by atoms with Crippen molar-refractivity contribution in [2.24, 2.45) is 5.92 Å². The van der Waals surface area contributed by atoms with E-state index in [4.69, 9.17) is 0 Å². The Labute approximate surface area is 172 Å². The lowest BCUT2D eigenvalue weighted by atomic mass is 10.1. The van der Waals surface area contributed by atoms with Gasteiger partial charge in [-0.2, -0.15) is 5.10 Å². The van der Waals surface area contributed by atoms with Crippen LogP contribution in [0, 0.1) is 12.8 Å². The first-order valence-electron chi connectivity index (χ1n) is 9.47. The molecule has 0 unspecified atom stereocenters. The molecule has 9 heteroatoms. The maximum atomic E-state index is 12.9. The van der Waals surface area contributed by atoms with Crippen LogP contribution in [0.4, 0.5) is 5.69 Å². The molecule has 8 nitrogen and oxygen atoms in total. The highest BCUT2D eigenvalue weighted by molar-refractivity contribution is 9.10. The van der Waals surface area contributed by atoms with Crippen LogP contribution in [0.1, 0.15) is 18.1 Å². The molecule has 2 fully saturated rings. The Morgan fingerprint density at radius 2 is 2.04 bits per heavy atom. The van der Waals surface area contributed by atoms with E-state index < -0.39 is 5.92 Å². The molecule has 0 bridgehead atoms. The standard InChI is InChI=1S/C19H23BrN6O2/c1-13-21-17(23-22-13)12-24-7-9-25(10-8-24)18(27)16-5-6-26(19(16)28)15-4-2-3-14(20)11-15/h2-4,11,16H,5-10,12H2,1H3,(H,21,22,23)/t16-/m0/s1. The van der Waals surface area contributed by atoms with E-state index in [1.54, 1.807) is 4.90 Å². The van der Waals surface area contributed by atoms with Crippen molar-refractivity contribution in [2.75, 3.05) is 37.6 Å². The summed E-state index contributed by atoms with van der Waals surface area (Å²) in [5, 5.41) is 7.02. The van der Waals surface area contributed by atoms with Crippen molar-refractivity contribution in [2.45, 2.75) is 19.9 Å². The molecule has 3 heterocycles. The number of anilines is 1. The van der Waals surface area contributed by atoms with Crippen LogP contribution in [-0.4, -0.2) is 69.5 Å². The number of benzene rings is 1. The smallest absolute Gasteiger partial charge is 0.239 e. The second-order valence-corrected chi connectivity index (χ2v) is 8.17. The number of aromatic nitrogens is 3. The Bertz CT molecular complexity index is 877. The number of rotatable bonds is 4. The SMILES string of the molecule is Cc1nc(CN2CCN(C(=O)[C@@H]3CCN(c4cccc(Br)c4)C3=O)CC2)n[nH]1. The van der Waals surface area contributed by atoms with Gasteiger partial charge in [-0.3, -0.25) is 19.6 Å². The van der Waals surface area contributed by atoms with Crippen LogP contribution in [0.2, 0.25) is 0 Å². The lowest BCUT2D eigenvalue weighted by molar-refractivity contribution is -0.141. The molecule has 28 heavy (non-hydrogen) atoms. The number of nitrogens with zero attached hydrogens (tertiary/aromatic N) is 5. The van der Waals surface area contributed by atoms with E-state index in [-0.39, 0.29) is 11.8 Å². The lowest BCUT2D eigenvalue weighted by Gasteiger charge is -2.35. The average molecular weight is 447 g/mol. The maximum absolute atomic E-state index is 12.9. The zero-order valence-electron chi connectivity index (χ0n) is 15.8. The third kappa shape index (κ3) is 3.95. The quantitative estimate of drug-likeness (QED) is 0.720. The van der Waals surface area contributed by atoms with Crippen LogP contribution in [0.3, 0.4) is 0 Å². The van der Waals surface area contributed by atoms with E-state index in [1.165, 1.54) is 0 Å². The number of carbonyl (C=O) groups excluding carboxylic acids is 2. The predicted octanol–water partition coefficient (Wildman–Crippen LogP) is 1.57. The second-order valence-electron chi connectivity index (χ2n) is 7.25. The van der Waals surface area contributed by atoms with Gasteiger partial charge in [0.25, 0.3) is 0 Å². The molecule has 148 valence electrons. The Morgan fingerprint density at radius 1 is 1.25 bits per heavy atom. The minimum atomic E-state index is -0.568. The van der Waals surface area contributed by atoms with E-state index in [2.05, 4.69) is 36.0 Å². The molecule has 2 amide bonds. The number of hydrogen-bond donors (Lipinski definition) is 1. The van der Waals surface area contributed by atoms with Crippen LogP contribution in [0.5, 0.6) is 0 Å². The topological polar surface area (TPSA) is 85.4 Å². The van der Waals surface area contributed by atoms with Crippen molar-refractivity contribution in [3.63, 3.8) is 0 Å². The summed E-state index contributed by atoms with van der Waals surface area (Å²) >= 11 is 3.44. The number of amides is 2. The van der Waals surface area contributed by atoms with Crippen molar-refractivity contribution in [1.29, 1.82) is 0 Å². The summed E-state index contributed by atoms with van der Waals surface area (Å²) in [6.45, 7) is 5.90. The van der Waals surface area contributed by atoms with E-state index in [0.29, 0.717) is 32.6 Å². The van der Waals surface area contributed by atoms with E-state index in [1.807, 2.05) is 36.1 Å². The van der Waals surface area contributed by atoms with Crippen molar-refractivity contribution < 1.29 is 9.59 Å². The molecule has 0 saturated carbocycles. The van der Waals surface area contributed by atoms with Gasteiger partial charge in [0.2, 0.25) is 11.8 Å². The van der Waals surface area contributed by atoms with Gasteiger partial charge < -0.3 is 9.80 Å². The average Bonchev–Trinajstić information content (AvgIpc) is 3.27. The van der Waals surface area contributed by atoms with Crippen LogP contribution < -0.4 is 4.90 Å². The Kier molecular flexibility index (Phi) is 5.45. The number of H-pyrrole nitrogens is 1. The van der Waals surface area contributed by atoms with Gasteiger partial charge in [-0.15, -0.1) is 0 Å². The highest BCUT2D eigenvalue weighted by Crippen LogP contribution is 2.28. The van der Waals surface area contributed by atoms with Crippen molar-refractivity contribution in [3.8, 4) is 0 Å². The van der Waals surface area contributed by atoms with Crippen LogP contribution >= 0.6 is 15.9 Å². The fourth-order valence-electron chi connectivity index (χ4n) is 3.82. The number of aryl methyl sites for hydroxylation is 1. The van der Waals surface area contributed by atoms with E-state index in [0.717, 1.165) is 34.9 Å². The molecule has 0 aliphatic carbocycles. The third-order valence-electron chi connectivity index (χ3n) is 5.32. The zero-order chi connectivity index (χ0) is 19.7. The normalized spacial score (nSPS) is 20.8. The summed E-state index contributed by atoms with van der Waals surface area (Å²) < 4.78 is 0.922.